The number of alkyl halides is 2. The lowest BCUT2D eigenvalue weighted by atomic mass is 9.92. The summed E-state index contributed by atoms with van der Waals surface area (Å²) < 4.78 is 62.2. The Hall–Kier alpha value is -4.79. The molecule has 1 aliphatic carbocycles. The van der Waals surface area contributed by atoms with Crippen molar-refractivity contribution >= 4 is 45.4 Å². The summed E-state index contributed by atoms with van der Waals surface area (Å²) in [6.45, 7) is 6.99. The number of nitrogens with one attached hydrogen (secondary N) is 3. The Morgan fingerprint density at radius 1 is 0.898 bits per heavy atom. The van der Waals surface area contributed by atoms with Gasteiger partial charge >= 0.3 is 0 Å². The van der Waals surface area contributed by atoms with E-state index < -0.39 is 60.0 Å². The number of Topliss-reactive ketones (excluding diaryl/α,β-unsaturated/α-hetero) is 1. The lowest BCUT2D eigenvalue weighted by molar-refractivity contribution is -0.140. The molecule has 2 aromatic carbocycles. The zero-order chi connectivity index (χ0) is 42.3. The summed E-state index contributed by atoms with van der Waals surface area (Å²) in [6.07, 6.45) is 0.222. The maximum atomic E-state index is 15.5. The number of aromatic amines is 1. The number of likely N-dealkylation sites (N-methyl/N-ethyl adjacent to an activating group) is 1. The minimum absolute atomic E-state index is 0.0152. The molecule has 2 aromatic heterocycles. The quantitative estimate of drug-likeness (QED) is 0.112. The number of imidazole rings is 1. The molecule has 318 valence electrons. The minimum atomic E-state index is -1.33. The maximum absolute atomic E-state index is 15.5. The van der Waals surface area contributed by atoms with Crippen molar-refractivity contribution in [3.05, 3.63) is 53.6 Å². The number of nitrogens with zero attached hydrogens (tertiary/aromatic N) is 4. The average molecular weight is 822 g/mol. The van der Waals surface area contributed by atoms with Gasteiger partial charge in [0.15, 0.2) is 5.82 Å². The van der Waals surface area contributed by atoms with E-state index in [-0.39, 0.29) is 74.8 Å². The molecule has 2 aliphatic heterocycles. The Bertz CT molecular complexity index is 2220. The highest BCUT2D eigenvalue weighted by Gasteiger charge is 2.45. The van der Waals surface area contributed by atoms with E-state index >= 15 is 8.78 Å². The lowest BCUT2D eigenvalue weighted by Gasteiger charge is -2.30. The summed E-state index contributed by atoms with van der Waals surface area (Å²) in [4.78, 5) is 65.4. The van der Waals surface area contributed by atoms with E-state index in [4.69, 9.17) is 4.98 Å². The molecule has 15 heteroatoms. The predicted octanol–water partition coefficient (Wildman–Crippen LogP) is 6.42. The maximum Gasteiger partial charge on any atom is 0.245 e. The number of ketones is 1. The fourth-order valence-corrected chi connectivity index (χ4v) is 8.94. The van der Waals surface area contributed by atoms with Crippen LogP contribution in [0.15, 0.2) is 36.4 Å². The molecule has 7 rings (SSSR count). The molecule has 3 N–H and O–H groups in total. The molecular formula is C44H55F4N7O4. The molecule has 3 aliphatic rings. The van der Waals surface area contributed by atoms with Crippen molar-refractivity contribution in [2.45, 2.75) is 122 Å². The Kier molecular flexibility index (Phi) is 12.5. The van der Waals surface area contributed by atoms with Gasteiger partial charge in [-0.1, -0.05) is 20.8 Å². The summed E-state index contributed by atoms with van der Waals surface area (Å²) in [6, 6.07) is 5.88. The van der Waals surface area contributed by atoms with Gasteiger partial charge in [-0.25, -0.2) is 22.5 Å². The number of amides is 3. The third kappa shape index (κ3) is 8.76. The smallest absolute Gasteiger partial charge is 0.245 e. The van der Waals surface area contributed by atoms with Crippen LogP contribution in [0, 0.1) is 29.4 Å². The SMILES string of the molecule is CC[C@@H](C)C(=O)N[C@@H](CC)C(=O)N1C[C@@H](F)C[C@H]1Cn1c(-c2[nH]c3cc(F)ccc3c2C[C@@H]2C[C@H](F)CN2C(=O)[C@@H](CC(=O)[C@H](C)NC)C2CC2)nc2cc(F)ccc21. The van der Waals surface area contributed by atoms with Crippen LogP contribution in [0.1, 0.15) is 78.2 Å². The van der Waals surface area contributed by atoms with Crippen LogP contribution in [-0.2, 0) is 32.1 Å². The number of halogens is 4. The highest BCUT2D eigenvalue weighted by atomic mass is 19.1. The van der Waals surface area contributed by atoms with Gasteiger partial charge in [0.05, 0.1) is 41.9 Å². The Morgan fingerprint density at radius 2 is 1.56 bits per heavy atom. The van der Waals surface area contributed by atoms with E-state index in [1.807, 2.05) is 6.92 Å². The molecule has 0 bridgehead atoms. The van der Waals surface area contributed by atoms with Gasteiger partial charge in [-0.3, -0.25) is 19.2 Å². The molecule has 8 atom stereocenters. The molecular weight excluding hydrogens is 767 g/mol. The van der Waals surface area contributed by atoms with E-state index in [9.17, 15) is 28.0 Å². The van der Waals surface area contributed by atoms with E-state index in [1.165, 1.54) is 29.2 Å². The summed E-state index contributed by atoms with van der Waals surface area (Å²) in [5.41, 5.74) is 2.31. The normalized spacial score (nSPS) is 22.9. The van der Waals surface area contributed by atoms with Crippen molar-refractivity contribution in [3.8, 4) is 11.5 Å². The number of carbonyl (C=O) groups excluding carboxylic acids is 4. The van der Waals surface area contributed by atoms with Crippen molar-refractivity contribution in [1.82, 2.24) is 35.0 Å². The highest BCUT2D eigenvalue weighted by Crippen LogP contribution is 2.42. The van der Waals surface area contributed by atoms with Crippen LogP contribution in [0.4, 0.5) is 17.6 Å². The second-order valence-corrected chi connectivity index (χ2v) is 16.9. The zero-order valence-electron chi connectivity index (χ0n) is 34.4. The van der Waals surface area contributed by atoms with Gasteiger partial charge in [-0.2, -0.15) is 0 Å². The van der Waals surface area contributed by atoms with Crippen LogP contribution in [0.2, 0.25) is 0 Å². The van der Waals surface area contributed by atoms with Crippen molar-refractivity contribution in [3.63, 3.8) is 0 Å². The third-order valence-electron chi connectivity index (χ3n) is 12.9. The summed E-state index contributed by atoms with van der Waals surface area (Å²) in [5.74, 6) is -2.50. The third-order valence-corrected chi connectivity index (χ3v) is 12.9. The monoisotopic (exact) mass is 821 g/mol. The van der Waals surface area contributed by atoms with E-state index in [2.05, 4.69) is 15.6 Å². The number of carbonyl (C=O) groups is 4. The first kappa shape index (κ1) is 42.3. The van der Waals surface area contributed by atoms with Crippen LogP contribution in [0.3, 0.4) is 0 Å². The number of H-pyrrole nitrogens is 1. The predicted molar refractivity (Wildman–Crippen MR) is 217 cm³/mol. The number of likely N-dealkylation sites (tertiary alicyclic amines) is 2. The highest BCUT2D eigenvalue weighted by molar-refractivity contribution is 5.93. The molecule has 4 aromatic rings. The summed E-state index contributed by atoms with van der Waals surface area (Å²) in [7, 11) is 1.69. The average Bonchev–Trinajstić information content (AvgIpc) is 3.58. The second-order valence-electron chi connectivity index (χ2n) is 16.9. The number of hydrogen-bond acceptors (Lipinski definition) is 6. The van der Waals surface area contributed by atoms with Gasteiger partial charge < -0.3 is 30.0 Å². The second kappa shape index (κ2) is 17.4. The van der Waals surface area contributed by atoms with Gasteiger partial charge in [-0.05, 0) is 87.9 Å². The topological polar surface area (TPSA) is 132 Å². The molecule has 1 saturated carbocycles. The standard InChI is InChI=1S/C44H55F4N7O4/c1-6-23(3)42(57)52-35(7-2)44(59)54-21-29(48)15-31(54)22-55-38-13-11-27(46)17-37(38)51-41(55)40-34(32-12-10-26(45)16-36(32)50-40)18-30-14-28(47)20-53(30)43(58)33(25-8-9-25)19-39(56)24(4)49-5/h10-13,16-17,23-25,28-31,33,35,49-50H,6-9,14-15,18-22H2,1-5H3,(H,52,57)/t23-,24+,28+,29+,30+,31+,33+,35+/m1/s1. The Morgan fingerprint density at radius 3 is 2.22 bits per heavy atom. The van der Waals surface area contributed by atoms with E-state index in [1.54, 1.807) is 49.4 Å². The molecule has 59 heavy (non-hydrogen) atoms. The van der Waals surface area contributed by atoms with Crippen LogP contribution in [-0.4, -0.2) is 104 Å². The molecule has 2 saturated heterocycles. The van der Waals surface area contributed by atoms with Gasteiger partial charge in [0, 0.05) is 60.7 Å². The van der Waals surface area contributed by atoms with Crippen LogP contribution in [0.5, 0.6) is 0 Å². The Balaban J connectivity index is 1.26. The van der Waals surface area contributed by atoms with Gasteiger partial charge in [0.25, 0.3) is 0 Å². The molecule has 0 spiro atoms. The zero-order valence-corrected chi connectivity index (χ0v) is 34.4. The molecule has 11 nitrogen and oxygen atoms in total. The Labute approximate surface area is 341 Å². The first-order valence-corrected chi connectivity index (χ1v) is 21.1. The summed E-state index contributed by atoms with van der Waals surface area (Å²) >= 11 is 0. The fourth-order valence-electron chi connectivity index (χ4n) is 8.94. The number of rotatable bonds is 16. The molecule has 0 unspecified atom stereocenters. The first-order valence-electron chi connectivity index (χ1n) is 21.1. The van der Waals surface area contributed by atoms with Gasteiger partial charge in [-0.15, -0.1) is 0 Å². The van der Waals surface area contributed by atoms with Crippen molar-refractivity contribution < 1.29 is 36.7 Å². The number of aromatic nitrogens is 3. The van der Waals surface area contributed by atoms with Gasteiger partial charge in [0.2, 0.25) is 17.7 Å². The van der Waals surface area contributed by atoms with E-state index in [0.717, 1.165) is 12.8 Å². The van der Waals surface area contributed by atoms with Crippen LogP contribution >= 0.6 is 0 Å². The van der Waals surface area contributed by atoms with Gasteiger partial charge in [0.1, 0.15) is 35.8 Å². The van der Waals surface area contributed by atoms with Crippen molar-refractivity contribution in [1.29, 1.82) is 0 Å². The number of hydrogen-bond donors (Lipinski definition) is 3. The first-order chi connectivity index (χ1) is 28.2. The molecule has 0 radical (unpaired) electrons. The summed E-state index contributed by atoms with van der Waals surface area (Å²) in [5, 5.41) is 6.42. The minimum Gasteiger partial charge on any atom is -0.352 e. The van der Waals surface area contributed by atoms with E-state index in [0.29, 0.717) is 51.9 Å². The molecule has 4 heterocycles. The van der Waals surface area contributed by atoms with Crippen molar-refractivity contribution in [2.75, 3.05) is 20.1 Å². The van der Waals surface area contributed by atoms with Crippen LogP contribution in [0.25, 0.3) is 33.5 Å². The fraction of sp³-hybridized carbons (Fsp3) is 0.568. The number of fused-ring (bicyclic) bond motifs is 2. The molecule has 3 amide bonds. The molecule has 3 fully saturated rings. The largest absolute Gasteiger partial charge is 0.352 e. The number of benzene rings is 2. The van der Waals surface area contributed by atoms with Crippen molar-refractivity contribution in [2.24, 2.45) is 17.8 Å². The van der Waals surface area contributed by atoms with Crippen LogP contribution < -0.4 is 10.6 Å². The lowest BCUT2D eigenvalue weighted by Crippen LogP contribution is -2.51.